The number of hydrogen-bond acceptors (Lipinski definition) is 5. The maximum Gasteiger partial charge on any atom is 0.303 e. The molecule has 1 aromatic carbocycles. The molecular weight excluding hydrogens is 348 g/mol. The summed E-state index contributed by atoms with van der Waals surface area (Å²) in [5.41, 5.74) is 0.261. The Morgan fingerprint density at radius 3 is 2.32 bits per heavy atom. The number of aliphatic carboxylic acids is 1. The van der Waals surface area contributed by atoms with Crippen LogP contribution in [0.5, 0.6) is 0 Å². The molecule has 0 radical (unpaired) electrons. The van der Waals surface area contributed by atoms with E-state index < -0.39 is 16.0 Å². The first-order valence-corrected chi connectivity index (χ1v) is 9.38. The predicted octanol–water partition coefficient (Wildman–Crippen LogP) is 0.687. The van der Waals surface area contributed by atoms with Crippen LogP contribution in [0.3, 0.4) is 0 Å². The van der Waals surface area contributed by atoms with Crippen molar-refractivity contribution in [1.29, 1.82) is 0 Å². The molecule has 134 valence electrons. The van der Waals surface area contributed by atoms with Gasteiger partial charge in [0.1, 0.15) is 0 Å². The monoisotopic (exact) mass is 366 g/mol. The number of ketones is 1. The first kappa shape index (κ1) is 17.6. The molecule has 1 heterocycles. The molecule has 0 unspecified atom stereocenters. The minimum Gasteiger partial charge on any atom is -0.481 e. The van der Waals surface area contributed by atoms with E-state index in [1.165, 1.54) is 24.3 Å². The van der Waals surface area contributed by atoms with Gasteiger partial charge in [-0.05, 0) is 25.0 Å². The molecule has 3 rings (SSSR count). The number of carbonyl (C=O) groups excluding carboxylic acids is 2. The number of rotatable bonds is 7. The van der Waals surface area contributed by atoms with Gasteiger partial charge in [0.15, 0.2) is 5.78 Å². The van der Waals surface area contributed by atoms with E-state index in [0.717, 1.165) is 17.1 Å². The van der Waals surface area contributed by atoms with Gasteiger partial charge in [-0.15, -0.1) is 0 Å². The number of carboxylic acids is 1. The molecule has 9 heteroatoms. The summed E-state index contributed by atoms with van der Waals surface area (Å²) in [5.74, 6) is -1.61. The highest BCUT2D eigenvalue weighted by Gasteiger charge is 2.42. The number of carboxylic acid groups (broad SMARTS) is 1. The van der Waals surface area contributed by atoms with Gasteiger partial charge in [0.05, 0.1) is 24.5 Å². The molecule has 0 bridgehead atoms. The fourth-order valence-electron chi connectivity index (χ4n) is 2.73. The summed E-state index contributed by atoms with van der Waals surface area (Å²) in [7, 11) is -3.81. The number of hydrogen-bond donors (Lipinski definition) is 1. The zero-order valence-electron chi connectivity index (χ0n) is 13.4. The van der Waals surface area contributed by atoms with Crippen molar-refractivity contribution in [2.75, 3.05) is 13.2 Å². The molecule has 1 amide bonds. The Labute approximate surface area is 145 Å². The SMILES string of the molecule is O=C(O)CCC(=O)c1ccc(S(=O)(=O)N2CC(=O)N(C3CC3)C2)cc1. The molecule has 1 aliphatic heterocycles. The highest BCUT2D eigenvalue weighted by Crippen LogP contribution is 2.31. The number of nitrogens with zero attached hydrogens (tertiary/aromatic N) is 2. The fourth-order valence-corrected chi connectivity index (χ4v) is 4.07. The second-order valence-electron chi connectivity index (χ2n) is 6.19. The van der Waals surface area contributed by atoms with Crippen molar-refractivity contribution in [1.82, 2.24) is 9.21 Å². The van der Waals surface area contributed by atoms with Crippen LogP contribution in [-0.4, -0.2) is 59.6 Å². The molecule has 2 fully saturated rings. The van der Waals surface area contributed by atoms with Gasteiger partial charge in [-0.1, -0.05) is 12.1 Å². The molecule has 0 atom stereocenters. The van der Waals surface area contributed by atoms with Crippen LogP contribution in [0.2, 0.25) is 0 Å². The van der Waals surface area contributed by atoms with E-state index >= 15 is 0 Å². The van der Waals surface area contributed by atoms with E-state index in [9.17, 15) is 22.8 Å². The third kappa shape index (κ3) is 3.72. The first-order chi connectivity index (χ1) is 11.8. The van der Waals surface area contributed by atoms with Gasteiger partial charge in [-0.2, -0.15) is 4.31 Å². The Morgan fingerprint density at radius 2 is 1.76 bits per heavy atom. The number of Topliss-reactive ketones (excluding diaryl/α,β-unsaturated/α-hetero) is 1. The summed E-state index contributed by atoms with van der Waals surface area (Å²) >= 11 is 0. The minimum absolute atomic E-state index is 0.00716. The highest BCUT2D eigenvalue weighted by molar-refractivity contribution is 7.89. The van der Waals surface area contributed by atoms with Crippen LogP contribution in [0.1, 0.15) is 36.0 Å². The Kier molecular flexibility index (Phi) is 4.61. The summed E-state index contributed by atoms with van der Waals surface area (Å²) in [6, 6.07) is 5.52. The second-order valence-corrected chi connectivity index (χ2v) is 8.13. The molecule has 1 aliphatic carbocycles. The maximum absolute atomic E-state index is 12.6. The molecule has 25 heavy (non-hydrogen) atoms. The predicted molar refractivity (Wildman–Crippen MR) is 86.3 cm³/mol. The van der Waals surface area contributed by atoms with E-state index in [0.29, 0.717) is 0 Å². The Morgan fingerprint density at radius 1 is 1.12 bits per heavy atom. The maximum atomic E-state index is 12.6. The quantitative estimate of drug-likeness (QED) is 0.711. The number of sulfonamides is 1. The van der Waals surface area contributed by atoms with Gasteiger partial charge >= 0.3 is 5.97 Å². The second kappa shape index (κ2) is 6.57. The molecular formula is C16H18N2O6S. The highest BCUT2D eigenvalue weighted by atomic mass is 32.2. The molecule has 0 spiro atoms. The van der Waals surface area contributed by atoms with Crippen molar-refractivity contribution >= 4 is 27.7 Å². The number of benzene rings is 1. The van der Waals surface area contributed by atoms with Crippen molar-refractivity contribution in [3.8, 4) is 0 Å². The normalized spacial score (nSPS) is 18.6. The minimum atomic E-state index is -3.81. The van der Waals surface area contributed by atoms with Gasteiger partial charge < -0.3 is 10.0 Å². The van der Waals surface area contributed by atoms with Crippen LogP contribution >= 0.6 is 0 Å². The Hall–Kier alpha value is -2.26. The molecule has 1 saturated heterocycles. The van der Waals surface area contributed by atoms with Gasteiger partial charge in [-0.3, -0.25) is 14.4 Å². The zero-order chi connectivity index (χ0) is 18.2. The van der Waals surface area contributed by atoms with E-state index in [4.69, 9.17) is 5.11 Å². The van der Waals surface area contributed by atoms with Crippen LogP contribution in [0.25, 0.3) is 0 Å². The van der Waals surface area contributed by atoms with E-state index in [-0.39, 0.29) is 54.2 Å². The van der Waals surface area contributed by atoms with Crippen molar-refractivity contribution in [3.63, 3.8) is 0 Å². The smallest absolute Gasteiger partial charge is 0.303 e. The lowest BCUT2D eigenvalue weighted by Crippen LogP contribution is -2.32. The Bertz CT molecular complexity index is 814. The zero-order valence-corrected chi connectivity index (χ0v) is 14.2. The van der Waals surface area contributed by atoms with Crippen LogP contribution < -0.4 is 0 Å². The van der Waals surface area contributed by atoms with Crippen LogP contribution in [0, 0.1) is 0 Å². The van der Waals surface area contributed by atoms with Gasteiger partial charge in [-0.25, -0.2) is 8.42 Å². The third-order valence-electron chi connectivity index (χ3n) is 4.31. The lowest BCUT2D eigenvalue weighted by Gasteiger charge is -2.17. The molecule has 8 nitrogen and oxygen atoms in total. The summed E-state index contributed by atoms with van der Waals surface area (Å²) in [6.45, 7) is -0.108. The molecule has 1 N–H and O–H groups in total. The number of carbonyl (C=O) groups is 3. The van der Waals surface area contributed by atoms with Crippen molar-refractivity contribution in [2.45, 2.75) is 36.6 Å². The average molecular weight is 366 g/mol. The molecule has 1 saturated carbocycles. The summed E-state index contributed by atoms with van der Waals surface area (Å²) < 4.78 is 26.4. The summed E-state index contributed by atoms with van der Waals surface area (Å²) in [6.07, 6.45) is 1.41. The van der Waals surface area contributed by atoms with Crippen LogP contribution in [0.15, 0.2) is 29.2 Å². The molecule has 1 aromatic rings. The van der Waals surface area contributed by atoms with Crippen LogP contribution in [-0.2, 0) is 19.6 Å². The summed E-state index contributed by atoms with van der Waals surface area (Å²) in [5, 5.41) is 8.60. The largest absolute Gasteiger partial charge is 0.481 e. The van der Waals surface area contributed by atoms with Crippen molar-refractivity contribution in [2.24, 2.45) is 0 Å². The van der Waals surface area contributed by atoms with E-state index in [2.05, 4.69) is 0 Å². The standard InChI is InChI=1S/C16H18N2O6S/c19-14(7-8-16(21)22)11-1-5-13(6-2-11)25(23,24)17-9-15(20)18(10-17)12-3-4-12/h1-2,5-6,12H,3-4,7-10H2,(H,21,22). The average Bonchev–Trinajstić information content (AvgIpc) is 3.34. The van der Waals surface area contributed by atoms with Crippen LogP contribution in [0.4, 0.5) is 0 Å². The first-order valence-electron chi connectivity index (χ1n) is 7.94. The topological polar surface area (TPSA) is 112 Å². The lowest BCUT2D eigenvalue weighted by molar-refractivity contribution is -0.137. The summed E-state index contributed by atoms with van der Waals surface area (Å²) in [4.78, 5) is 35.9. The van der Waals surface area contributed by atoms with Gasteiger partial charge in [0, 0.05) is 18.0 Å². The fraction of sp³-hybridized carbons (Fsp3) is 0.438. The van der Waals surface area contributed by atoms with Gasteiger partial charge in [0.25, 0.3) is 0 Å². The van der Waals surface area contributed by atoms with E-state index in [1.807, 2.05) is 0 Å². The molecule has 2 aliphatic rings. The Balaban J connectivity index is 1.71. The van der Waals surface area contributed by atoms with Crippen molar-refractivity contribution < 1.29 is 27.9 Å². The van der Waals surface area contributed by atoms with Gasteiger partial charge in [0.2, 0.25) is 15.9 Å². The third-order valence-corrected chi connectivity index (χ3v) is 6.10. The molecule has 0 aromatic heterocycles. The number of amides is 1. The van der Waals surface area contributed by atoms with E-state index in [1.54, 1.807) is 4.90 Å². The lowest BCUT2D eigenvalue weighted by atomic mass is 10.1. The van der Waals surface area contributed by atoms with Crippen molar-refractivity contribution in [3.05, 3.63) is 29.8 Å².